The van der Waals surface area contributed by atoms with Gasteiger partial charge in [0.2, 0.25) is 0 Å². The molecule has 0 saturated carbocycles. The van der Waals surface area contributed by atoms with Gasteiger partial charge in [0.05, 0.1) is 10.7 Å². The van der Waals surface area contributed by atoms with Gasteiger partial charge >= 0.3 is 0 Å². The highest BCUT2D eigenvalue weighted by Crippen LogP contribution is 2.33. The summed E-state index contributed by atoms with van der Waals surface area (Å²) in [5.41, 5.74) is 2.56. The van der Waals surface area contributed by atoms with Crippen molar-refractivity contribution in [1.82, 2.24) is 5.32 Å². The summed E-state index contributed by atoms with van der Waals surface area (Å²) in [7, 11) is 0. The van der Waals surface area contributed by atoms with Crippen LogP contribution in [-0.4, -0.2) is 30.6 Å². The Balaban J connectivity index is 2.21. The van der Waals surface area contributed by atoms with E-state index in [-0.39, 0.29) is 0 Å². The Morgan fingerprint density at radius 3 is 3.00 bits per heavy atom. The number of thioether (sulfide) groups is 1. The maximum absolute atomic E-state index is 6.46. The molecular formula is C15H23ClN2S. The number of hydrogen-bond donors (Lipinski definition) is 1. The number of nitrogens with one attached hydrogen (secondary N) is 1. The summed E-state index contributed by atoms with van der Waals surface area (Å²) in [5, 5.41) is 5.03. The minimum Gasteiger partial charge on any atom is -0.368 e. The predicted molar refractivity (Wildman–Crippen MR) is 87.6 cm³/mol. The molecular weight excluding hydrogens is 276 g/mol. The van der Waals surface area contributed by atoms with Crippen molar-refractivity contribution in [1.29, 1.82) is 0 Å². The third kappa shape index (κ3) is 3.80. The van der Waals surface area contributed by atoms with Gasteiger partial charge in [0.1, 0.15) is 0 Å². The van der Waals surface area contributed by atoms with E-state index in [1.807, 2.05) is 6.07 Å². The van der Waals surface area contributed by atoms with Crippen molar-refractivity contribution in [2.45, 2.75) is 32.1 Å². The number of rotatable bonds is 5. The van der Waals surface area contributed by atoms with Crippen molar-refractivity contribution in [2.24, 2.45) is 0 Å². The first-order chi connectivity index (χ1) is 9.26. The van der Waals surface area contributed by atoms with Crippen LogP contribution in [0.2, 0.25) is 5.02 Å². The van der Waals surface area contributed by atoms with Gasteiger partial charge in [0.25, 0.3) is 0 Å². The zero-order valence-electron chi connectivity index (χ0n) is 11.8. The lowest BCUT2D eigenvalue weighted by molar-refractivity contribution is 0.702. The van der Waals surface area contributed by atoms with Gasteiger partial charge in [-0.05, 0) is 24.6 Å². The molecule has 2 rings (SSSR count). The van der Waals surface area contributed by atoms with E-state index in [2.05, 4.69) is 48.0 Å². The molecule has 1 saturated heterocycles. The normalized spacial score (nSPS) is 19.7. The molecule has 0 spiro atoms. The van der Waals surface area contributed by atoms with Crippen LogP contribution in [0.15, 0.2) is 18.2 Å². The second-order valence-corrected chi connectivity index (χ2v) is 6.69. The highest BCUT2D eigenvalue weighted by atomic mass is 35.5. The SMILES string of the molecule is CCNCc1cccc(Cl)c1N1CCSC(CC)C1. The van der Waals surface area contributed by atoms with E-state index in [1.54, 1.807) is 0 Å². The number of nitrogens with zero attached hydrogens (tertiary/aromatic N) is 1. The van der Waals surface area contributed by atoms with E-state index in [4.69, 9.17) is 11.6 Å². The van der Waals surface area contributed by atoms with Crippen molar-refractivity contribution in [3.63, 3.8) is 0 Å². The summed E-state index contributed by atoms with van der Waals surface area (Å²) in [6.07, 6.45) is 1.23. The average molecular weight is 299 g/mol. The third-order valence-electron chi connectivity index (χ3n) is 3.55. The summed E-state index contributed by atoms with van der Waals surface area (Å²) in [5.74, 6) is 1.20. The molecule has 1 aliphatic rings. The lowest BCUT2D eigenvalue weighted by atomic mass is 10.1. The van der Waals surface area contributed by atoms with Crippen molar-refractivity contribution in [3.8, 4) is 0 Å². The van der Waals surface area contributed by atoms with E-state index in [9.17, 15) is 0 Å². The van der Waals surface area contributed by atoms with Crippen LogP contribution in [0.4, 0.5) is 5.69 Å². The lowest BCUT2D eigenvalue weighted by Gasteiger charge is -2.35. The van der Waals surface area contributed by atoms with Crippen molar-refractivity contribution >= 4 is 29.1 Å². The summed E-state index contributed by atoms with van der Waals surface area (Å²) >= 11 is 8.55. The van der Waals surface area contributed by atoms with Gasteiger partial charge in [0, 0.05) is 30.6 Å². The molecule has 106 valence electrons. The van der Waals surface area contributed by atoms with Gasteiger partial charge in [-0.25, -0.2) is 0 Å². The molecule has 0 aromatic heterocycles. The number of halogens is 1. The molecule has 4 heteroatoms. The maximum Gasteiger partial charge on any atom is 0.0642 e. The Hall–Kier alpha value is -0.380. The Morgan fingerprint density at radius 1 is 1.42 bits per heavy atom. The maximum atomic E-state index is 6.46. The summed E-state index contributed by atoms with van der Waals surface area (Å²) < 4.78 is 0. The topological polar surface area (TPSA) is 15.3 Å². The zero-order chi connectivity index (χ0) is 13.7. The van der Waals surface area contributed by atoms with Gasteiger partial charge in [-0.1, -0.05) is 37.6 Å². The van der Waals surface area contributed by atoms with Crippen LogP contribution in [0.5, 0.6) is 0 Å². The van der Waals surface area contributed by atoms with Crippen LogP contribution in [0.25, 0.3) is 0 Å². The van der Waals surface area contributed by atoms with Gasteiger partial charge in [0.15, 0.2) is 0 Å². The van der Waals surface area contributed by atoms with Gasteiger partial charge in [-0.2, -0.15) is 11.8 Å². The highest BCUT2D eigenvalue weighted by molar-refractivity contribution is 8.00. The van der Waals surface area contributed by atoms with Crippen molar-refractivity contribution < 1.29 is 0 Å². The molecule has 1 atom stereocenters. The van der Waals surface area contributed by atoms with Crippen LogP contribution in [-0.2, 0) is 6.54 Å². The molecule has 0 bridgehead atoms. The molecule has 1 aliphatic heterocycles. The smallest absolute Gasteiger partial charge is 0.0642 e. The van der Waals surface area contributed by atoms with Crippen LogP contribution in [0.1, 0.15) is 25.8 Å². The second kappa shape index (κ2) is 7.41. The monoisotopic (exact) mass is 298 g/mol. The molecule has 1 unspecified atom stereocenters. The Labute approximate surface area is 125 Å². The van der Waals surface area contributed by atoms with Gasteiger partial charge in [-0.3, -0.25) is 0 Å². The average Bonchev–Trinajstić information content (AvgIpc) is 2.45. The van der Waals surface area contributed by atoms with Crippen molar-refractivity contribution in [2.75, 3.05) is 30.3 Å². The fourth-order valence-corrected chi connectivity index (χ4v) is 3.98. The number of benzene rings is 1. The van der Waals surface area contributed by atoms with E-state index >= 15 is 0 Å². The molecule has 0 aliphatic carbocycles. The molecule has 1 N–H and O–H groups in total. The summed E-state index contributed by atoms with van der Waals surface area (Å²) in [6, 6.07) is 6.25. The van der Waals surface area contributed by atoms with Crippen LogP contribution < -0.4 is 10.2 Å². The fraction of sp³-hybridized carbons (Fsp3) is 0.600. The summed E-state index contributed by atoms with van der Waals surface area (Å²) in [6.45, 7) is 8.50. The van der Waals surface area contributed by atoms with E-state index in [0.29, 0.717) is 0 Å². The quantitative estimate of drug-likeness (QED) is 0.890. The van der Waals surface area contributed by atoms with E-state index in [0.717, 1.165) is 36.5 Å². The Kier molecular flexibility index (Phi) is 5.86. The zero-order valence-corrected chi connectivity index (χ0v) is 13.4. The number of para-hydroxylation sites is 1. The molecule has 0 amide bonds. The minimum atomic E-state index is 0.733. The first-order valence-corrected chi connectivity index (χ1v) is 8.53. The van der Waals surface area contributed by atoms with E-state index in [1.165, 1.54) is 23.4 Å². The van der Waals surface area contributed by atoms with Crippen LogP contribution in [0.3, 0.4) is 0 Å². The molecule has 1 aromatic rings. The third-order valence-corrected chi connectivity index (χ3v) is 5.22. The Bertz CT molecular complexity index is 411. The number of anilines is 1. The minimum absolute atomic E-state index is 0.733. The predicted octanol–water partition coefficient (Wildman–Crippen LogP) is 3.78. The number of hydrogen-bond acceptors (Lipinski definition) is 3. The summed E-state index contributed by atoms with van der Waals surface area (Å²) in [4.78, 5) is 2.47. The first kappa shape index (κ1) is 15.0. The van der Waals surface area contributed by atoms with Gasteiger partial charge in [-0.15, -0.1) is 0 Å². The second-order valence-electron chi connectivity index (χ2n) is 4.87. The van der Waals surface area contributed by atoms with E-state index < -0.39 is 0 Å². The molecule has 1 fully saturated rings. The molecule has 0 radical (unpaired) electrons. The molecule has 2 nitrogen and oxygen atoms in total. The first-order valence-electron chi connectivity index (χ1n) is 7.10. The van der Waals surface area contributed by atoms with Crippen LogP contribution in [0, 0.1) is 0 Å². The lowest BCUT2D eigenvalue weighted by Crippen LogP contribution is -2.38. The fourth-order valence-electron chi connectivity index (χ4n) is 2.49. The van der Waals surface area contributed by atoms with Crippen LogP contribution >= 0.6 is 23.4 Å². The highest BCUT2D eigenvalue weighted by Gasteiger charge is 2.22. The van der Waals surface area contributed by atoms with Crippen molar-refractivity contribution in [3.05, 3.63) is 28.8 Å². The molecule has 1 heterocycles. The molecule has 1 aromatic carbocycles. The largest absolute Gasteiger partial charge is 0.368 e. The van der Waals surface area contributed by atoms with Gasteiger partial charge < -0.3 is 10.2 Å². The standard InChI is InChI=1S/C15H23ClN2S/c1-3-13-11-18(8-9-19-13)15-12(10-17-4-2)6-5-7-14(15)16/h5-7,13,17H,3-4,8-11H2,1-2H3. The Morgan fingerprint density at radius 2 is 2.26 bits per heavy atom. The molecule has 19 heavy (non-hydrogen) atoms.